The smallest absolute Gasteiger partial charge is 0.254 e. The first-order valence-corrected chi connectivity index (χ1v) is 10.4. The summed E-state index contributed by atoms with van der Waals surface area (Å²) in [5.41, 5.74) is 1.73. The maximum Gasteiger partial charge on any atom is 0.254 e. The molecule has 1 unspecified atom stereocenters. The summed E-state index contributed by atoms with van der Waals surface area (Å²) < 4.78 is 13.1. The third-order valence-electron chi connectivity index (χ3n) is 6.31. The highest BCUT2D eigenvalue weighted by Crippen LogP contribution is 2.39. The van der Waals surface area contributed by atoms with Gasteiger partial charge in [-0.1, -0.05) is 24.3 Å². The standard InChI is InChI=1S/C24H27FN2O2/c1-17(2)26-15-3-13-24(23(26)29)14-4-16-27(24)22(28)20-7-5-18(6-8-20)19-9-11-21(25)12-10-19/h5-12,17H,3-4,13-16H2,1-2H3. The Morgan fingerprint density at radius 3 is 2.07 bits per heavy atom. The van der Waals surface area contributed by atoms with Crippen LogP contribution < -0.4 is 0 Å². The summed E-state index contributed by atoms with van der Waals surface area (Å²) in [5.74, 6) is -0.243. The Morgan fingerprint density at radius 1 is 0.931 bits per heavy atom. The van der Waals surface area contributed by atoms with Gasteiger partial charge in [0.1, 0.15) is 11.4 Å². The molecule has 2 aliphatic heterocycles. The Labute approximate surface area is 171 Å². The predicted octanol–water partition coefficient (Wildman–Crippen LogP) is 4.50. The zero-order chi connectivity index (χ0) is 20.6. The van der Waals surface area contributed by atoms with Crippen molar-refractivity contribution in [3.8, 4) is 11.1 Å². The van der Waals surface area contributed by atoms with Crippen LogP contribution in [0.2, 0.25) is 0 Å². The van der Waals surface area contributed by atoms with Crippen LogP contribution in [0.25, 0.3) is 11.1 Å². The van der Waals surface area contributed by atoms with Crippen LogP contribution in [0, 0.1) is 5.82 Å². The number of benzene rings is 2. The van der Waals surface area contributed by atoms with E-state index >= 15 is 0 Å². The van der Waals surface area contributed by atoms with Crippen molar-refractivity contribution in [2.75, 3.05) is 13.1 Å². The number of halogens is 1. The number of hydrogen-bond acceptors (Lipinski definition) is 2. The van der Waals surface area contributed by atoms with Gasteiger partial charge in [-0.25, -0.2) is 4.39 Å². The average molecular weight is 394 g/mol. The maximum absolute atomic E-state index is 13.3. The van der Waals surface area contributed by atoms with Crippen molar-refractivity contribution in [3.05, 3.63) is 59.9 Å². The van der Waals surface area contributed by atoms with Gasteiger partial charge in [-0.15, -0.1) is 0 Å². The zero-order valence-corrected chi connectivity index (χ0v) is 17.0. The molecule has 4 nitrogen and oxygen atoms in total. The van der Waals surface area contributed by atoms with E-state index in [9.17, 15) is 14.0 Å². The normalized spacial score (nSPS) is 22.0. The SMILES string of the molecule is CC(C)N1CCCC2(CCCN2C(=O)c2ccc(-c3ccc(F)cc3)cc2)C1=O. The Morgan fingerprint density at radius 2 is 1.48 bits per heavy atom. The van der Waals surface area contributed by atoms with Crippen molar-refractivity contribution >= 4 is 11.8 Å². The van der Waals surface area contributed by atoms with Crippen molar-refractivity contribution in [2.24, 2.45) is 0 Å². The molecule has 0 bridgehead atoms. The van der Waals surface area contributed by atoms with Gasteiger partial charge in [0.2, 0.25) is 5.91 Å². The molecule has 0 saturated carbocycles. The van der Waals surface area contributed by atoms with Crippen LogP contribution in [0.3, 0.4) is 0 Å². The van der Waals surface area contributed by atoms with Crippen LogP contribution in [-0.2, 0) is 4.79 Å². The average Bonchev–Trinajstić information content (AvgIpc) is 3.14. The molecule has 5 heteroatoms. The molecule has 0 N–H and O–H groups in total. The molecule has 0 radical (unpaired) electrons. The number of nitrogens with zero attached hydrogens (tertiary/aromatic N) is 2. The van der Waals surface area contributed by atoms with E-state index in [-0.39, 0.29) is 23.7 Å². The van der Waals surface area contributed by atoms with Crippen LogP contribution in [0.1, 0.15) is 49.9 Å². The van der Waals surface area contributed by atoms with E-state index in [1.165, 1.54) is 12.1 Å². The fraction of sp³-hybridized carbons (Fsp3) is 0.417. The molecule has 2 aromatic rings. The molecule has 2 saturated heterocycles. The molecule has 2 aliphatic rings. The van der Waals surface area contributed by atoms with E-state index < -0.39 is 5.54 Å². The summed E-state index contributed by atoms with van der Waals surface area (Å²) in [5, 5.41) is 0. The summed E-state index contributed by atoms with van der Waals surface area (Å²) >= 11 is 0. The second kappa shape index (κ2) is 7.62. The van der Waals surface area contributed by atoms with Gasteiger partial charge in [0, 0.05) is 24.7 Å². The van der Waals surface area contributed by atoms with Crippen LogP contribution in [-0.4, -0.2) is 46.3 Å². The highest BCUT2D eigenvalue weighted by Gasteiger charge is 2.53. The number of hydrogen-bond donors (Lipinski definition) is 0. The minimum atomic E-state index is -0.685. The molecule has 152 valence electrons. The number of likely N-dealkylation sites (tertiary alicyclic amines) is 2. The monoisotopic (exact) mass is 394 g/mol. The third-order valence-corrected chi connectivity index (χ3v) is 6.31. The molecule has 2 heterocycles. The fourth-order valence-corrected chi connectivity index (χ4v) is 4.77. The van der Waals surface area contributed by atoms with Gasteiger partial charge in [0.05, 0.1) is 0 Å². The number of rotatable bonds is 3. The Kier molecular flexibility index (Phi) is 5.15. The second-order valence-corrected chi connectivity index (χ2v) is 8.37. The summed E-state index contributed by atoms with van der Waals surface area (Å²) in [7, 11) is 0. The first kappa shape index (κ1) is 19.6. The van der Waals surface area contributed by atoms with Crippen LogP contribution >= 0.6 is 0 Å². The van der Waals surface area contributed by atoms with Crippen molar-refractivity contribution in [3.63, 3.8) is 0 Å². The lowest BCUT2D eigenvalue weighted by Gasteiger charge is -2.46. The van der Waals surface area contributed by atoms with Gasteiger partial charge >= 0.3 is 0 Å². The summed E-state index contributed by atoms with van der Waals surface area (Å²) in [6, 6.07) is 13.8. The van der Waals surface area contributed by atoms with E-state index in [1.54, 1.807) is 24.3 Å². The largest absolute Gasteiger partial charge is 0.338 e. The summed E-state index contributed by atoms with van der Waals surface area (Å²) in [6.45, 7) is 5.46. The van der Waals surface area contributed by atoms with Crippen molar-refractivity contribution < 1.29 is 14.0 Å². The minimum absolute atomic E-state index is 0.0767. The molecule has 29 heavy (non-hydrogen) atoms. The van der Waals surface area contributed by atoms with Crippen LogP contribution in [0.4, 0.5) is 4.39 Å². The maximum atomic E-state index is 13.3. The van der Waals surface area contributed by atoms with Gasteiger partial charge in [-0.05, 0) is 74.9 Å². The van der Waals surface area contributed by atoms with Crippen molar-refractivity contribution in [2.45, 2.75) is 51.1 Å². The Bertz CT molecular complexity index is 907. The molecule has 2 aromatic carbocycles. The predicted molar refractivity (Wildman–Crippen MR) is 111 cm³/mol. The summed E-state index contributed by atoms with van der Waals surface area (Å²) in [6.07, 6.45) is 3.27. The molecule has 4 rings (SSSR count). The Hall–Kier alpha value is -2.69. The molecular weight excluding hydrogens is 367 g/mol. The third kappa shape index (κ3) is 3.43. The van der Waals surface area contributed by atoms with E-state index in [0.717, 1.165) is 43.4 Å². The van der Waals surface area contributed by atoms with Gasteiger partial charge < -0.3 is 9.80 Å². The number of piperidine rings is 1. The molecule has 2 fully saturated rings. The molecule has 0 aliphatic carbocycles. The molecular formula is C24H27FN2O2. The first-order chi connectivity index (χ1) is 13.9. The van der Waals surface area contributed by atoms with E-state index in [0.29, 0.717) is 12.1 Å². The van der Waals surface area contributed by atoms with Gasteiger partial charge in [-0.3, -0.25) is 9.59 Å². The van der Waals surface area contributed by atoms with Crippen LogP contribution in [0.5, 0.6) is 0 Å². The van der Waals surface area contributed by atoms with Crippen LogP contribution in [0.15, 0.2) is 48.5 Å². The highest BCUT2D eigenvalue weighted by atomic mass is 19.1. The number of amides is 2. The molecule has 1 spiro atoms. The topological polar surface area (TPSA) is 40.6 Å². The molecule has 2 amide bonds. The lowest BCUT2D eigenvalue weighted by molar-refractivity contribution is -0.147. The van der Waals surface area contributed by atoms with Gasteiger partial charge in [0.15, 0.2) is 0 Å². The molecule has 1 atom stereocenters. The first-order valence-electron chi connectivity index (χ1n) is 10.4. The number of carbonyl (C=O) groups is 2. The Balaban J connectivity index is 1.58. The lowest BCUT2D eigenvalue weighted by Crippen LogP contribution is -2.62. The number of carbonyl (C=O) groups excluding carboxylic acids is 2. The van der Waals surface area contributed by atoms with Crippen molar-refractivity contribution in [1.29, 1.82) is 0 Å². The summed E-state index contributed by atoms with van der Waals surface area (Å²) in [4.78, 5) is 30.4. The van der Waals surface area contributed by atoms with Gasteiger partial charge in [-0.2, -0.15) is 0 Å². The van der Waals surface area contributed by atoms with E-state index in [2.05, 4.69) is 0 Å². The fourth-order valence-electron chi connectivity index (χ4n) is 4.77. The minimum Gasteiger partial charge on any atom is -0.338 e. The quantitative estimate of drug-likeness (QED) is 0.769. The van der Waals surface area contributed by atoms with Crippen molar-refractivity contribution in [1.82, 2.24) is 9.80 Å². The van der Waals surface area contributed by atoms with E-state index in [1.807, 2.05) is 35.8 Å². The zero-order valence-electron chi connectivity index (χ0n) is 17.0. The van der Waals surface area contributed by atoms with Gasteiger partial charge in [0.25, 0.3) is 5.91 Å². The highest BCUT2D eigenvalue weighted by molar-refractivity contribution is 6.00. The van der Waals surface area contributed by atoms with E-state index in [4.69, 9.17) is 0 Å². The second-order valence-electron chi connectivity index (χ2n) is 8.37. The molecule has 0 aromatic heterocycles. The lowest BCUT2D eigenvalue weighted by atomic mass is 9.84.